The van der Waals surface area contributed by atoms with Crippen molar-refractivity contribution in [3.8, 4) is 0 Å². The van der Waals surface area contributed by atoms with Crippen molar-refractivity contribution in [2.24, 2.45) is 7.05 Å². The summed E-state index contributed by atoms with van der Waals surface area (Å²) in [6.45, 7) is 2.27. The second-order valence-electron chi connectivity index (χ2n) is 3.89. The van der Waals surface area contributed by atoms with Crippen LogP contribution in [0.15, 0.2) is 15.9 Å². The zero-order valence-electron chi connectivity index (χ0n) is 10.0. The molecule has 0 saturated carbocycles. The number of thiophene rings is 1. The molecule has 0 spiro atoms. The van der Waals surface area contributed by atoms with Gasteiger partial charge in [-0.2, -0.15) is 5.10 Å². The minimum atomic E-state index is -0.208. The first-order valence-corrected chi connectivity index (χ1v) is 6.96. The van der Waals surface area contributed by atoms with Crippen molar-refractivity contribution in [1.82, 2.24) is 15.1 Å². The minimum Gasteiger partial charge on any atom is -0.395 e. The Morgan fingerprint density at radius 2 is 2.39 bits per heavy atom. The van der Waals surface area contributed by atoms with Crippen LogP contribution >= 0.6 is 27.3 Å². The van der Waals surface area contributed by atoms with E-state index in [0.29, 0.717) is 23.6 Å². The molecule has 96 valence electrons. The number of nitrogens with zero attached hydrogens (tertiary/aromatic N) is 2. The van der Waals surface area contributed by atoms with Crippen LogP contribution in [0.25, 0.3) is 0 Å². The summed E-state index contributed by atoms with van der Waals surface area (Å²) in [5, 5.41) is 8.93. The molecule has 2 aromatic heterocycles. The fraction of sp³-hybridized carbons (Fsp3) is 0.273. The van der Waals surface area contributed by atoms with Gasteiger partial charge in [-0.1, -0.05) is 0 Å². The average Bonchev–Trinajstić information content (AvgIpc) is 2.82. The first-order chi connectivity index (χ1) is 8.49. The van der Waals surface area contributed by atoms with Gasteiger partial charge in [0.1, 0.15) is 5.69 Å². The number of nitrogens with two attached hydrogens (primary N) is 1. The molecule has 0 unspecified atom stereocenters. The Labute approximate surface area is 117 Å². The lowest BCUT2D eigenvalue weighted by molar-refractivity contribution is 0.0943. The van der Waals surface area contributed by atoms with Crippen LogP contribution in [0.3, 0.4) is 0 Å². The van der Waals surface area contributed by atoms with Crippen LogP contribution in [0.4, 0.5) is 5.69 Å². The molecule has 2 aromatic rings. The summed E-state index contributed by atoms with van der Waals surface area (Å²) < 4.78 is 2.53. The highest BCUT2D eigenvalue weighted by molar-refractivity contribution is 9.10. The Balaban J connectivity index is 2.08. The number of hydrogen-bond donors (Lipinski definition) is 2. The first-order valence-electron chi connectivity index (χ1n) is 5.29. The Hall–Kier alpha value is -1.34. The number of anilines is 1. The maximum Gasteiger partial charge on any atom is 0.271 e. The van der Waals surface area contributed by atoms with Crippen molar-refractivity contribution in [2.75, 3.05) is 5.73 Å². The van der Waals surface area contributed by atoms with Gasteiger partial charge in [-0.25, -0.2) is 0 Å². The van der Waals surface area contributed by atoms with Gasteiger partial charge in [-0.15, -0.1) is 11.3 Å². The molecular formula is C11H13BrN4OS. The van der Waals surface area contributed by atoms with Gasteiger partial charge >= 0.3 is 0 Å². The molecule has 1 amide bonds. The summed E-state index contributed by atoms with van der Waals surface area (Å²) >= 11 is 4.96. The van der Waals surface area contributed by atoms with Crippen molar-refractivity contribution in [3.63, 3.8) is 0 Å². The van der Waals surface area contributed by atoms with Gasteiger partial charge in [0, 0.05) is 21.8 Å². The normalized spacial score (nSPS) is 10.6. The number of hydrogen-bond acceptors (Lipinski definition) is 4. The van der Waals surface area contributed by atoms with Crippen molar-refractivity contribution in [2.45, 2.75) is 13.5 Å². The summed E-state index contributed by atoms with van der Waals surface area (Å²) in [7, 11) is 1.71. The maximum absolute atomic E-state index is 12.0. The first kappa shape index (κ1) is 13.1. The second kappa shape index (κ2) is 5.11. The van der Waals surface area contributed by atoms with Crippen molar-refractivity contribution >= 4 is 38.9 Å². The van der Waals surface area contributed by atoms with Crippen molar-refractivity contribution in [1.29, 1.82) is 0 Å². The minimum absolute atomic E-state index is 0.208. The fourth-order valence-electron chi connectivity index (χ4n) is 1.64. The van der Waals surface area contributed by atoms with Crippen LogP contribution in [-0.2, 0) is 13.6 Å². The molecular weight excluding hydrogens is 316 g/mol. The SMILES string of the molecule is Cc1nn(C)c(C(=O)NCc2cc(Br)cs2)c1N. The van der Waals surface area contributed by atoms with Gasteiger partial charge in [0.25, 0.3) is 5.91 Å². The van der Waals surface area contributed by atoms with Crippen LogP contribution in [0.2, 0.25) is 0 Å². The highest BCUT2D eigenvalue weighted by atomic mass is 79.9. The van der Waals surface area contributed by atoms with E-state index in [1.165, 1.54) is 4.68 Å². The van der Waals surface area contributed by atoms with Crippen LogP contribution < -0.4 is 11.1 Å². The number of carbonyl (C=O) groups excluding carboxylic acids is 1. The molecule has 7 heteroatoms. The summed E-state index contributed by atoms with van der Waals surface area (Å²) in [5.74, 6) is -0.208. The Morgan fingerprint density at radius 1 is 1.67 bits per heavy atom. The predicted octanol–water partition coefficient (Wildman–Crippen LogP) is 2.06. The second-order valence-corrected chi connectivity index (χ2v) is 5.80. The lowest BCUT2D eigenvalue weighted by Gasteiger charge is -2.04. The van der Waals surface area contributed by atoms with E-state index in [0.717, 1.165) is 9.35 Å². The molecule has 0 aliphatic rings. The Morgan fingerprint density at radius 3 is 2.89 bits per heavy atom. The quantitative estimate of drug-likeness (QED) is 0.905. The molecule has 0 radical (unpaired) electrons. The van der Waals surface area contributed by atoms with E-state index in [1.54, 1.807) is 25.3 Å². The molecule has 0 aliphatic heterocycles. The fourth-order valence-corrected chi connectivity index (χ4v) is 3.03. The number of amides is 1. The third kappa shape index (κ3) is 2.56. The number of rotatable bonds is 3. The van der Waals surface area contributed by atoms with Gasteiger partial charge in [-0.05, 0) is 28.9 Å². The molecule has 0 aromatic carbocycles. The van der Waals surface area contributed by atoms with Crippen LogP contribution in [0.5, 0.6) is 0 Å². The molecule has 0 atom stereocenters. The van der Waals surface area contributed by atoms with E-state index in [4.69, 9.17) is 5.73 Å². The molecule has 0 saturated heterocycles. The van der Waals surface area contributed by atoms with E-state index < -0.39 is 0 Å². The van der Waals surface area contributed by atoms with Gasteiger partial charge in [-0.3, -0.25) is 9.48 Å². The lowest BCUT2D eigenvalue weighted by Crippen LogP contribution is -2.25. The predicted molar refractivity (Wildman–Crippen MR) is 75.5 cm³/mol. The van der Waals surface area contributed by atoms with E-state index in [9.17, 15) is 4.79 Å². The summed E-state index contributed by atoms with van der Waals surface area (Å²) in [6, 6.07) is 1.97. The van der Waals surface area contributed by atoms with E-state index in [2.05, 4.69) is 26.3 Å². The Bertz CT molecular complexity index is 590. The summed E-state index contributed by atoms with van der Waals surface area (Å²) in [4.78, 5) is 13.1. The van der Waals surface area contributed by atoms with Gasteiger partial charge in [0.05, 0.1) is 17.9 Å². The van der Waals surface area contributed by atoms with E-state index in [-0.39, 0.29) is 5.91 Å². The molecule has 2 heterocycles. The number of nitrogens with one attached hydrogen (secondary N) is 1. The summed E-state index contributed by atoms with van der Waals surface area (Å²) in [5.41, 5.74) is 7.33. The summed E-state index contributed by atoms with van der Waals surface area (Å²) in [6.07, 6.45) is 0. The lowest BCUT2D eigenvalue weighted by atomic mass is 10.3. The molecule has 0 fully saturated rings. The van der Waals surface area contributed by atoms with Gasteiger partial charge in [0.15, 0.2) is 0 Å². The highest BCUT2D eigenvalue weighted by Gasteiger charge is 2.17. The molecule has 5 nitrogen and oxygen atoms in total. The monoisotopic (exact) mass is 328 g/mol. The smallest absolute Gasteiger partial charge is 0.271 e. The Kier molecular flexibility index (Phi) is 3.72. The molecule has 2 rings (SSSR count). The van der Waals surface area contributed by atoms with Crippen molar-refractivity contribution < 1.29 is 4.79 Å². The molecule has 0 bridgehead atoms. The number of halogens is 1. The number of aryl methyl sites for hydroxylation is 2. The van der Waals surface area contributed by atoms with Gasteiger partial charge < -0.3 is 11.1 Å². The number of carbonyl (C=O) groups is 1. The third-order valence-electron chi connectivity index (χ3n) is 2.53. The topological polar surface area (TPSA) is 72.9 Å². The maximum atomic E-state index is 12.0. The largest absolute Gasteiger partial charge is 0.395 e. The molecule has 0 aliphatic carbocycles. The van der Waals surface area contributed by atoms with Crippen molar-refractivity contribution in [3.05, 3.63) is 32.2 Å². The molecule has 18 heavy (non-hydrogen) atoms. The average molecular weight is 329 g/mol. The van der Waals surface area contributed by atoms with Gasteiger partial charge in [0.2, 0.25) is 0 Å². The highest BCUT2D eigenvalue weighted by Crippen LogP contribution is 2.20. The number of aromatic nitrogens is 2. The van der Waals surface area contributed by atoms with Crippen LogP contribution in [0, 0.1) is 6.92 Å². The van der Waals surface area contributed by atoms with E-state index >= 15 is 0 Å². The standard InChI is InChI=1S/C11H13BrN4OS/c1-6-9(13)10(16(2)15-6)11(17)14-4-8-3-7(12)5-18-8/h3,5H,4,13H2,1-2H3,(H,14,17). The van der Waals surface area contributed by atoms with Crippen LogP contribution in [0.1, 0.15) is 21.1 Å². The zero-order valence-corrected chi connectivity index (χ0v) is 12.4. The third-order valence-corrected chi connectivity index (χ3v) is 4.23. The van der Waals surface area contributed by atoms with E-state index in [1.807, 2.05) is 11.4 Å². The molecule has 3 N–H and O–H groups in total. The van der Waals surface area contributed by atoms with Crippen LogP contribution in [-0.4, -0.2) is 15.7 Å². The zero-order chi connectivity index (χ0) is 13.3. The number of nitrogen functional groups attached to an aromatic ring is 1.